The van der Waals surface area contributed by atoms with Gasteiger partial charge in [0.2, 0.25) is 18.1 Å². The zero-order valence-corrected chi connectivity index (χ0v) is 18.2. The van der Waals surface area contributed by atoms with Crippen molar-refractivity contribution in [3.8, 4) is 5.75 Å². The van der Waals surface area contributed by atoms with E-state index in [9.17, 15) is 38.5 Å². The van der Waals surface area contributed by atoms with Crippen LogP contribution >= 0.6 is 0 Å². The number of carbonyl (C=O) groups excluding carboxylic acids is 3. The van der Waals surface area contributed by atoms with Gasteiger partial charge in [-0.05, 0) is 31.5 Å². The Morgan fingerprint density at radius 1 is 1.15 bits per heavy atom. The molecule has 0 aromatic heterocycles. The Morgan fingerprint density at radius 3 is 2.42 bits per heavy atom. The average molecular weight is 474 g/mol. The highest BCUT2D eigenvalue weighted by molar-refractivity contribution is 5.91. The second-order valence-corrected chi connectivity index (χ2v) is 7.71. The molecule has 10 nitrogen and oxygen atoms in total. The number of Topliss-reactive ketones (excluding diaryl/α,β-unsaturated/α-hetero) is 1. The van der Waals surface area contributed by atoms with Gasteiger partial charge in [0.25, 0.3) is 6.43 Å². The van der Waals surface area contributed by atoms with E-state index in [1.807, 2.05) is 0 Å². The molecule has 0 aliphatic carbocycles. The third-order valence-corrected chi connectivity index (χ3v) is 4.96. The standard InChI is InChI=1S/C21H28F2N2O8/c1-10(27)4-3-5-16(29)25-12-6-7-14(13(8-12)20(22)23)32-21-17(24-11(2)28)19(31)18(30)15(9-26)33-21/h6-8,15,17-21,26,30-31H,3-5,9H2,1-2H3,(H,24,28)(H,25,29). The van der Waals surface area contributed by atoms with Crippen molar-refractivity contribution in [1.29, 1.82) is 0 Å². The Bertz CT molecular complexity index is 854. The van der Waals surface area contributed by atoms with Gasteiger partial charge in [0.1, 0.15) is 35.9 Å². The van der Waals surface area contributed by atoms with Crippen molar-refractivity contribution in [2.75, 3.05) is 11.9 Å². The highest BCUT2D eigenvalue weighted by atomic mass is 19.3. The first-order valence-corrected chi connectivity index (χ1v) is 10.3. The molecule has 5 N–H and O–H groups in total. The molecule has 0 radical (unpaired) electrons. The normalized spacial score (nSPS) is 24.9. The summed E-state index contributed by atoms with van der Waals surface area (Å²) in [5.74, 6) is -1.45. The first-order chi connectivity index (χ1) is 15.5. The maximum absolute atomic E-state index is 13.7. The number of hydrogen-bond donors (Lipinski definition) is 5. The van der Waals surface area contributed by atoms with Crippen molar-refractivity contribution in [3.05, 3.63) is 23.8 Å². The molecule has 184 valence electrons. The third kappa shape index (κ3) is 7.42. The van der Waals surface area contributed by atoms with Gasteiger partial charge < -0.3 is 40.2 Å². The minimum absolute atomic E-state index is 0.0406. The topological polar surface area (TPSA) is 154 Å². The van der Waals surface area contributed by atoms with Gasteiger partial charge in [-0.1, -0.05) is 0 Å². The zero-order valence-electron chi connectivity index (χ0n) is 18.2. The summed E-state index contributed by atoms with van der Waals surface area (Å²) in [4.78, 5) is 34.4. The van der Waals surface area contributed by atoms with Crippen LogP contribution in [0.15, 0.2) is 18.2 Å². The third-order valence-electron chi connectivity index (χ3n) is 4.96. The van der Waals surface area contributed by atoms with E-state index in [2.05, 4.69) is 10.6 Å². The number of anilines is 1. The summed E-state index contributed by atoms with van der Waals surface area (Å²) in [5.41, 5.74) is -0.514. The maximum Gasteiger partial charge on any atom is 0.267 e. The van der Waals surface area contributed by atoms with E-state index < -0.39 is 61.1 Å². The molecule has 1 aromatic carbocycles. The summed E-state index contributed by atoms with van der Waals surface area (Å²) < 4.78 is 38.3. The Labute approximate surface area is 188 Å². The van der Waals surface area contributed by atoms with Crippen LogP contribution in [0.2, 0.25) is 0 Å². The lowest BCUT2D eigenvalue weighted by atomic mass is 9.97. The molecule has 1 aliphatic heterocycles. The number of nitrogens with one attached hydrogen (secondary N) is 2. The first kappa shape index (κ1) is 26.6. The van der Waals surface area contributed by atoms with Crippen LogP contribution < -0.4 is 15.4 Å². The second-order valence-electron chi connectivity index (χ2n) is 7.71. The SMILES string of the molecule is CC(=O)CCCC(=O)Nc1ccc(OC2OC(CO)C(O)C(O)C2NC(C)=O)c(C(F)F)c1. The number of ketones is 1. The van der Waals surface area contributed by atoms with Crippen molar-refractivity contribution >= 4 is 23.3 Å². The number of rotatable bonds is 10. The molecule has 0 spiro atoms. The molecule has 1 fully saturated rings. The second kappa shape index (κ2) is 12.0. The van der Waals surface area contributed by atoms with Gasteiger partial charge in [0.05, 0.1) is 12.2 Å². The highest BCUT2D eigenvalue weighted by Gasteiger charge is 2.46. The van der Waals surface area contributed by atoms with Crippen LogP contribution in [0.4, 0.5) is 14.5 Å². The fraction of sp³-hybridized carbons (Fsp3) is 0.571. The molecule has 12 heteroatoms. The van der Waals surface area contributed by atoms with Gasteiger partial charge in [0, 0.05) is 25.5 Å². The molecule has 2 amide bonds. The fourth-order valence-corrected chi connectivity index (χ4v) is 3.32. The lowest BCUT2D eigenvalue weighted by Crippen LogP contribution is -2.65. The number of aliphatic hydroxyl groups is 3. The first-order valence-electron chi connectivity index (χ1n) is 10.3. The molecule has 5 atom stereocenters. The van der Waals surface area contributed by atoms with Gasteiger partial charge in [-0.25, -0.2) is 8.78 Å². The molecule has 2 rings (SSSR count). The van der Waals surface area contributed by atoms with Gasteiger partial charge in [0.15, 0.2) is 0 Å². The molecule has 33 heavy (non-hydrogen) atoms. The van der Waals surface area contributed by atoms with Gasteiger partial charge in [-0.3, -0.25) is 9.59 Å². The van der Waals surface area contributed by atoms with Crippen LogP contribution in [0.3, 0.4) is 0 Å². The van der Waals surface area contributed by atoms with Crippen molar-refractivity contribution in [3.63, 3.8) is 0 Å². The number of aliphatic hydroxyl groups excluding tert-OH is 3. The van der Waals surface area contributed by atoms with E-state index in [0.717, 1.165) is 19.1 Å². The van der Waals surface area contributed by atoms with Crippen molar-refractivity contribution in [2.45, 2.75) is 70.2 Å². The Kier molecular flexibility index (Phi) is 9.65. The molecular formula is C21H28F2N2O8. The number of hydrogen-bond acceptors (Lipinski definition) is 8. The Hall–Kier alpha value is -2.67. The predicted octanol–water partition coefficient (Wildman–Crippen LogP) is 0.644. The van der Waals surface area contributed by atoms with Crippen molar-refractivity contribution in [1.82, 2.24) is 5.32 Å². The summed E-state index contributed by atoms with van der Waals surface area (Å²) >= 11 is 0. The predicted molar refractivity (Wildman–Crippen MR) is 111 cm³/mol. The molecule has 1 aliphatic rings. The number of alkyl halides is 2. The number of ether oxygens (including phenoxy) is 2. The molecule has 1 saturated heterocycles. The molecular weight excluding hydrogens is 446 g/mol. The average Bonchev–Trinajstić information content (AvgIpc) is 2.73. The fourth-order valence-electron chi connectivity index (χ4n) is 3.32. The number of halogens is 2. The largest absolute Gasteiger partial charge is 0.462 e. The zero-order chi connectivity index (χ0) is 24.7. The van der Waals surface area contributed by atoms with E-state index in [-0.39, 0.29) is 30.1 Å². The molecule has 5 unspecified atom stereocenters. The highest BCUT2D eigenvalue weighted by Crippen LogP contribution is 2.34. The summed E-state index contributed by atoms with van der Waals surface area (Å²) in [6.07, 6.45) is -8.36. The van der Waals surface area contributed by atoms with Crippen LogP contribution in [-0.4, -0.2) is 70.2 Å². The molecule has 0 saturated carbocycles. The van der Waals surface area contributed by atoms with Crippen molar-refractivity contribution in [2.24, 2.45) is 0 Å². The number of carbonyl (C=O) groups is 3. The quantitative estimate of drug-likeness (QED) is 0.331. The van der Waals surface area contributed by atoms with E-state index in [0.29, 0.717) is 6.42 Å². The Morgan fingerprint density at radius 2 is 1.85 bits per heavy atom. The minimum atomic E-state index is -3.01. The van der Waals surface area contributed by atoms with Crippen LogP contribution in [-0.2, 0) is 19.1 Å². The van der Waals surface area contributed by atoms with Gasteiger partial charge >= 0.3 is 0 Å². The van der Waals surface area contributed by atoms with Crippen LogP contribution in [0.1, 0.15) is 45.1 Å². The summed E-state index contributed by atoms with van der Waals surface area (Å²) in [6.45, 7) is 1.86. The van der Waals surface area contributed by atoms with Crippen LogP contribution in [0.25, 0.3) is 0 Å². The Balaban J connectivity index is 2.21. The van der Waals surface area contributed by atoms with E-state index >= 15 is 0 Å². The van der Waals surface area contributed by atoms with E-state index in [4.69, 9.17) is 9.47 Å². The van der Waals surface area contributed by atoms with Crippen molar-refractivity contribution < 1.29 is 48.0 Å². The minimum Gasteiger partial charge on any atom is -0.462 e. The monoisotopic (exact) mass is 474 g/mol. The maximum atomic E-state index is 13.7. The number of benzene rings is 1. The lowest BCUT2D eigenvalue weighted by molar-refractivity contribution is -0.244. The van der Waals surface area contributed by atoms with Crippen LogP contribution in [0.5, 0.6) is 5.75 Å². The summed E-state index contributed by atoms with van der Waals surface area (Å²) in [6, 6.07) is 2.17. The van der Waals surface area contributed by atoms with Gasteiger partial charge in [-0.15, -0.1) is 0 Å². The molecule has 0 bridgehead atoms. The van der Waals surface area contributed by atoms with Gasteiger partial charge in [-0.2, -0.15) is 0 Å². The molecule has 1 aromatic rings. The van der Waals surface area contributed by atoms with Crippen LogP contribution in [0, 0.1) is 0 Å². The smallest absolute Gasteiger partial charge is 0.267 e. The summed E-state index contributed by atoms with van der Waals surface area (Å²) in [5, 5.41) is 34.5. The summed E-state index contributed by atoms with van der Waals surface area (Å²) in [7, 11) is 0. The van der Waals surface area contributed by atoms with E-state index in [1.165, 1.54) is 13.0 Å². The molecule has 1 heterocycles. The lowest BCUT2D eigenvalue weighted by Gasteiger charge is -2.42. The van der Waals surface area contributed by atoms with E-state index in [1.54, 1.807) is 0 Å². The number of amides is 2.